The second-order valence-electron chi connectivity index (χ2n) is 6.98. The van der Waals surface area contributed by atoms with Crippen LogP contribution in [0.5, 0.6) is 0 Å². The Morgan fingerprint density at radius 2 is 2.00 bits per heavy atom. The minimum atomic E-state index is -0.353. The van der Waals surface area contributed by atoms with Crippen LogP contribution in [0.1, 0.15) is 33.3 Å². The van der Waals surface area contributed by atoms with E-state index in [2.05, 4.69) is 55.1 Å². The highest BCUT2D eigenvalue weighted by atomic mass is 16.7. The minimum absolute atomic E-state index is 0.341. The number of nitrogens with zero attached hydrogens (tertiary/aromatic N) is 1. The fourth-order valence-electron chi connectivity index (χ4n) is 2.70. The van der Waals surface area contributed by atoms with Crippen LogP contribution in [0.4, 0.5) is 0 Å². The second-order valence-corrected chi connectivity index (χ2v) is 6.98. The molecule has 2 aromatic heterocycles. The van der Waals surface area contributed by atoms with Crippen LogP contribution in [0.15, 0.2) is 30.0 Å². The van der Waals surface area contributed by atoms with Crippen molar-refractivity contribution in [2.45, 2.75) is 38.9 Å². The van der Waals surface area contributed by atoms with E-state index >= 15 is 0 Å². The number of hydrogen-bond acceptors (Lipinski definition) is 4. The lowest BCUT2D eigenvalue weighted by Gasteiger charge is -2.32. The highest BCUT2D eigenvalue weighted by molar-refractivity contribution is 6.56. The lowest BCUT2D eigenvalue weighted by molar-refractivity contribution is 0.00578. The van der Waals surface area contributed by atoms with Gasteiger partial charge < -0.3 is 19.6 Å². The molecule has 2 aromatic rings. The molecule has 3 rings (SSSR count). The Hall–Kier alpha value is -1.63. The Kier molecular flexibility index (Phi) is 4.08. The Morgan fingerprint density at radius 3 is 2.65 bits per heavy atom. The van der Waals surface area contributed by atoms with Crippen molar-refractivity contribution >= 4 is 24.2 Å². The molecule has 0 radical (unpaired) electrons. The van der Waals surface area contributed by atoms with Gasteiger partial charge in [-0.05, 0) is 52.3 Å². The Morgan fingerprint density at radius 1 is 1.30 bits per heavy atom. The van der Waals surface area contributed by atoms with Crippen molar-refractivity contribution in [3.05, 3.63) is 35.6 Å². The summed E-state index contributed by atoms with van der Waals surface area (Å²) in [5, 5.41) is 4.30. The topological polar surface area (TPSA) is 59.2 Å². The molecule has 3 heterocycles. The van der Waals surface area contributed by atoms with Gasteiger partial charge in [-0.15, -0.1) is 0 Å². The molecule has 0 saturated carbocycles. The van der Waals surface area contributed by atoms with Gasteiger partial charge in [0, 0.05) is 29.9 Å². The maximum Gasteiger partial charge on any atom is 0.491 e. The van der Waals surface area contributed by atoms with Crippen LogP contribution in [0, 0.1) is 0 Å². The predicted molar refractivity (Wildman–Crippen MR) is 94.1 cm³/mol. The van der Waals surface area contributed by atoms with Gasteiger partial charge in [0.25, 0.3) is 0 Å². The number of hydrogen-bond donors (Lipinski definition) is 2. The van der Waals surface area contributed by atoms with Crippen LogP contribution >= 0.6 is 0 Å². The lowest BCUT2D eigenvalue weighted by atomic mass is 9.77. The molecular formula is C17H24BN3O2. The van der Waals surface area contributed by atoms with Crippen LogP contribution in [-0.2, 0) is 9.31 Å². The van der Waals surface area contributed by atoms with Crippen LogP contribution in [0.25, 0.3) is 17.1 Å². The van der Waals surface area contributed by atoms with E-state index < -0.39 is 0 Å². The van der Waals surface area contributed by atoms with Crippen molar-refractivity contribution in [1.82, 2.24) is 15.3 Å². The standard InChI is InChI=1S/C17H24BN3O2/c1-16(2)17(3,4)23-18(22-16)13(11-19-5)9-12-10-21-15-14(12)7-6-8-20-15/h6-10,19H,11H2,1-5H3,(H,20,21). The molecule has 0 atom stereocenters. The number of rotatable bonds is 4. The van der Waals surface area contributed by atoms with E-state index in [1.165, 1.54) is 0 Å². The van der Waals surface area contributed by atoms with Crippen molar-refractivity contribution in [2.75, 3.05) is 13.6 Å². The van der Waals surface area contributed by atoms with Gasteiger partial charge in [-0.1, -0.05) is 6.08 Å². The van der Waals surface area contributed by atoms with Gasteiger partial charge >= 0.3 is 7.12 Å². The first kappa shape index (κ1) is 16.2. The molecule has 0 bridgehead atoms. The molecule has 6 heteroatoms. The molecule has 1 saturated heterocycles. The summed E-state index contributed by atoms with van der Waals surface area (Å²) in [5.74, 6) is 0. The molecule has 0 aliphatic carbocycles. The highest BCUT2D eigenvalue weighted by Gasteiger charge is 2.52. The summed E-state index contributed by atoms with van der Waals surface area (Å²) in [7, 11) is 1.57. The summed E-state index contributed by atoms with van der Waals surface area (Å²) in [5.41, 5.74) is 2.36. The molecule has 2 N–H and O–H groups in total. The number of nitrogens with one attached hydrogen (secondary N) is 2. The maximum atomic E-state index is 6.18. The Balaban J connectivity index is 1.96. The van der Waals surface area contributed by atoms with Gasteiger partial charge in [0.05, 0.1) is 11.2 Å². The molecule has 122 valence electrons. The predicted octanol–water partition coefficient (Wildman–Crippen LogP) is 2.80. The van der Waals surface area contributed by atoms with Crippen LogP contribution in [0.2, 0.25) is 0 Å². The fourth-order valence-corrected chi connectivity index (χ4v) is 2.70. The minimum Gasteiger partial charge on any atom is -0.400 e. The first-order valence-corrected chi connectivity index (χ1v) is 7.97. The maximum absolute atomic E-state index is 6.18. The molecule has 5 nitrogen and oxygen atoms in total. The number of fused-ring (bicyclic) bond motifs is 1. The van der Waals surface area contributed by atoms with Gasteiger partial charge in [0.2, 0.25) is 0 Å². The third-order valence-corrected chi connectivity index (χ3v) is 4.76. The van der Waals surface area contributed by atoms with Gasteiger partial charge in [-0.3, -0.25) is 0 Å². The van der Waals surface area contributed by atoms with E-state index in [0.29, 0.717) is 6.54 Å². The van der Waals surface area contributed by atoms with Crippen LogP contribution in [0.3, 0.4) is 0 Å². The zero-order chi connectivity index (χ0) is 16.7. The average molecular weight is 313 g/mol. The Labute approximate surface area is 137 Å². The second kappa shape index (κ2) is 5.78. The quantitative estimate of drug-likeness (QED) is 0.852. The summed E-state index contributed by atoms with van der Waals surface area (Å²) in [6, 6.07) is 4.01. The highest BCUT2D eigenvalue weighted by Crippen LogP contribution is 2.38. The first-order chi connectivity index (χ1) is 10.8. The van der Waals surface area contributed by atoms with Crippen molar-refractivity contribution in [2.24, 2.45) is 0 Å². The SMILES string of the molecule is CNCC(=Cc1c[nH]c2ncccc12)B1OC(C)(C)C(C)(C)O1. The van der Waals surface area contributed by atoms with E-state index in [1.807, 2.05) is 19.3 Å². The normalized spacial score (nSPS) is 20.4. The molecule has 1 aliphatic rings. The third-order valence-electron chi connectivity index (χ3n) is 4.76. The van der Waals surface area contributed by atoms with Crippen LogP contribution < -0.4 is 5.32 Å². The number of aromatic amines is 1. The van der Waals surface area contributed by atoms with Crippen molar-refractivity contribution < 1.29 is 9.31 Å². The molecule has 1 aliphatic heterocycles. The Bertz CT molecular complexity index is 720. The van der Waals surface area contributed by atoms with Gasteiger partial charge in [0.15, 0.2) is 0 Å². The fraction of sp³-hybridized carbons (Fsp3) is 0.471. The summed E-state index contributed by atoms with van der Waals surface area (Å²) in [4.78, 5) is 7.54. The summed E-state index contributed by atoms with van der Waals surface area (Å²) < 4.78 is 12.4. The van der Waals surface area contributed by atoms with E-state index in [4.69, 9.17) is 9.31 Å². The number of pyridine rings is 1. The molecule has 0 aromatic carbocycles. The molecule has 23 heavy (non-hydrogen) atoms. The number of likely N-dealkylation sites (N-methyl/N-ethyl adjacent to an activating group) is 1. The van der Waals surface area contributed by atoms with Crippen molar-refractivity contribution in [3.63, 3.8) is 0 Å². The number of aromatic nitrogens is 2. The van der Waals surface area contributed by atoms with Gasteiger partial charge in [-0.25, -0.2) is 4.98 Å². The molecule has 1 fully saturated rings. The van der Waals surface area contributed by atoms with Crippen molar-refractivity contribution in [3.8, 4) is 0 Å². The summed E-state index contributed by atoms with van der Waals surface area (Å²) >= 11 is 0. The first-order valence-electron chi connectivity index (χ1n) is 7.97. The molecule has 0 amide bonds. The zero-order valence-electron chi connectivity index (χ0n) is 14.4. The van der Waals surface area contributed by atoms with Crippen molar-refractivity contribution in [1.29, 1.82) is 0 Å². The number of H-pyrrole nitrogens is 1. The van der Waals surface area contributed by atoms with E-state index in [-0.39, 0.29) is 18.3 Å². The summed E-state index contributed by atoms with van der Waals surface area (Å²) in [6.07, 6.45) is 5.88. The van der Waals surface area contributed by atoms with Crippen LogP contribution in [-0.4, -0.2) is 41.9 Å². The molecule has 0 unspecified atom stereocenters. The lowest BCUT2D eigenvalue weighted by Crippen LogP contribution is -2.41. The smallest absolute Gasteiger partial charge is 0.400 e. The molecular weight excluding hydrogens is 289 g/mol. The third kappa shape index (κ3) is 2.94. The van der Waals surface area contributed by atoms with E-state index in [9.17, 15) is 0 Å². The summed E-state index contributed by atoms with van der Waals surface area (Å²) in [6.45, 7) is 8.97. The van der Waals surface area contributed by atoms with Gasteiger partial charge in [0.1, 0.15) is 5.65 Å². The van der Waals surface area contributed by atoms with E-state index in [1.54, 1.807) is 6.20 Å². The average Bonchev–Trinajstić information content (AvgIpc) is 2.97. The largest absolute Gasteiger partial charge is 0.491 e. The molecule has 0 spiro atoms. The zero-order valence-corrected chi connectivity index (χ0v) is 14.4. The van der Waals surface area contributed by atoms with Gasteiger partial charge in [-0.2, -0.15) is 0 Å². The van der Waals surface area contributed by atoms with E-state index in [0.717, 1.165) is 22.1 Å². The monoisotopic (exact) mass is 313 g/mol.